The lowest BCUT2D eigenvalue weighted by Crippen LogP contribution is -2.31. The first kappa shape index (κ1) is 23.1. The SMILES string of the molecule is [C-]#[N+]C(CC=C)([N+]#[C-])C1=CCCC[C@H]1[C@@H](/C=C/c1cccc(C)c1)c1cccc(OC)c1. The molecule has 0 aromatic heterocycles. The molecule has 3 heteroatoms. The van der Waals surface area contributed by atoms with Crippen molar-refractivity contribution in [2.45, 2.75) is 44.2 Å². The molecule has 162 valence electrons. The summed E-state index contributed by atoms with van der Waals surface area (Å²) in [6.07, 6.45) is 11.5. The molecule has 0 unspecified atom stereocenters. The second kappa shape index (κ2) is 10.7. The third kappa shape index (κ3) is 5.01. The second-order valence-corrected chi connectivity index (χ2v) is 8.31. The van der Waals surface area contributed by atoms with Gasteiger partial charge in [0.1, 0.15) is 17.7 Å². The zero-order chi connectivity index (χ0) is 23.0. The smallest absolute Gasteiger partial charge is 0.497 e. The molecule has 0 bridgehead atoms. The van der Waals surface area contributed by atoms with Gasteiger partial charge in [0.15, 0.2) is 0 Å². The van der Waals surface area contributed by atoms with Gasteiger partial charge in [-0.3, -0.25) is 0 Å². The Balaban J connectivity index is 2.11. The Kier molecular flexibility index (Phi) is 7.69. The highest BCUT2D eigenvalue weighted by atomic mass is 16.5. The number of ether oxygens (including phenoxy) is 1. The van der Waals surface area contributed by atoms with Crippen LogP contribution in [0.25, 0.3) is 15.8 Å². The van der Waals surface area contributed by atoms with E-state index in [1.165, 1.54) is 5.56 Å². The minimum absolute atomic E-state index is 0.0323. The number of rotatable bonds is 8. The predicted octanol–water partition coefficient (Wildman–Crippen LogP) is 7.64. The van der Waals surface area contributed by atoms with E-state index in [-0.39, 0.29) is 11.8 Å². The molecule has 3 rings (SSSR count). The summed E-state index contributed by atoms with van der Waals surface area (Å²) < 4.78 is 5.50. The molecule has 0 fully saturated rings. The standard InChI is InChI=1S/C29H30N2O/c1-6-19-29(30-3,31-4)28-16-8-7-15-27(28)26(24-13-10-14-25(21-24)32-5)18-17-23-12-9-11-22(2)20-23/h6,9-14,16-18,20-21,26-27H,1,7-8,15,19H2,2,5H3/b18-17+/t26-,27-/m0/s1. The number of methoxy groups -OCH3 is 1. The van der Waals surface area contributed by atoms with E-state index >= 15 is 0 Å². The maximum Gasteiger partial charge on any atom is 0.509 e. The molecule has 2 aromatic rings. The van der Waals surface area contributed by atoms with Gasteiger partial charge in [-0.25, -0.2) is 22.8 Å². The normalized spacial score (nSPS) is 17.1. The van der Waals surface area contributed by atoms with Gasteiger partial charge in [0.2, 0.25) is 0 Å². The third-order valence-electron chi connectivity index (χ3n) is 6.19. The van der Waals surface area contributed by atoms with E-state index in [0.717, 1.165) is 41.7 Å². The summed E-state index contributed by atoms with van der Waals surface area (Å²) >= 11 is 0. The zero-order valence-electron chi connectivity index (χ0n) is 18.9. The monoisotopic (exact) mass is 422 g/mol. The van der Waals surface area contributed by atoms with Crippen LogP contribution in [-0.4, -0.2) is 12.8 Å². The number of allylic oxidation sites excluding steroid dienone is 2. The predicted molar refractivity (Wildman–Crippen MR) is 132 cm³/mol. The molecular formula is C29H30N2O. The fraction of sp³-hybridized carbons (Fsp3) is 0.310. The van der Waals surface area contributed by atoms with Gasteiger partial charge in [0.25, 0.3) is 0 Å². The van der Waals surface area contributed by atoms with Gasteiger partial charge in [0.05, 0.1) is 7.11 Å². The van der Waals surface area contributed by atoms with Crippen LogP contribution in [0, 0.1) is 26.0 Å². The Bertz CT molecular complexity index is 1080. The zero-order valence-corrected chi connectivity index (χ0v) is 18.9. The average Bonchev–Trinajstić information content (AvgIpc) is 2.83. The molecule has 0 N–H and O–H groups in total. The number of aryl methyl sites for hydroxylation is 1. The minimum Gasteiger partial charge on any atom is -0.497 e. The van der Waals surface area contributed by atoms with Crippen LogP contribution in [0.4, 0.5) is 0 Å². The van der Waals surface area contributed by atoms with Crippen molar-refractivity contribution in [3.8, 4) is 5.75 Å². The van der Waals surface area contributed by atoms with Gasteiger partial charge < -0.3 is 4.74 Å². The molecule has 1 aliphatic carbocycles. The van der Waals surface area contributed by atoms with Crippen molar-refractivity contribution in [1.82, 2.24) is 0 Å². The summed E-state index contributed by atoms with van der Waals surface area (Å²) in [6.45, 7) is 21.7. The van der Waals surface area contributed by atoms with E-state index < -0.39 is 5.66 Å². The van der Waals surface area contributed by atoms with Crippen LogP contribution < -0.4 is 4.74 Å². The first-order chi connectivity index (χ1) is 15.6. The summed E-state index contributed by atoms with van der Waals surface area (Å²) in [5, 5.41) is 0. The maximum atomic E-state index is 7.89. The first-order valence-electron chi connectivity index (χ1n) is 11.0. The molecule has 3 nitrogen and oxygen atoms in total. The Morgan fingerprint density at radius 3 is 2.66 bits per heavy atom. The third-order valence-corrected chi connectivity index (χ3v) is 6.19. The highest BCUT2D eigenvalue weighted by Gasteiger charge is 2.52. The highest BCUT2D eigenvalue weighted by molar-refractivity contribution is 5.53. The molecule has 2 aromatic carbocycles. The van der Waals surface area contributed by atoms with Crippen molar-refractivity contribution < 1.29 is 4.74 Å². The number of benzene rings is 2. The molecule has 0 aliphatic heterocycles. The summed E-state index contributed by atoms with van der Waals surface area (Å²) in [5.74, 6) is 0.912. The topological polar surface area (TPSA) is 18.0 Å². The quantitative estimate of drug-likeness (QED) is 0.316. The molecule has 0 saturated carbocycles. The van der Waals surface area contributed by atoms with Crippen LogP contribution in [-0.2, 0) is 0 Å². The molecule has 32 heavy (non-hydrogen) atoms. The lowest BCUT2D eigenvalue weighted by Gasteiger charge is -2.31. The van der Waals surface area contributed by atoms with Crippen LogP contribution in [0.2, 0.25) is 0 Å². The van der Waals surface area contributed by atoms with Crippen LogP contribution in [0.3, 0.4) is 0 Å². The van der Waals surface area contributed by atoms with Crippen LogP contribution in [0.1, 0.15) is 48.3 Å². The Morgan fingerprint density at radius 1 is 1.19 bits per heavy atom. The van der Waals surface area contributed by atoms with Crippen LogP contribution >= 0.6 is 0 Å². The first-order valence-corrected chi connectivity index (χ1v) is 11.0. The number of nitrogens with zero attached hydrogens (tertiary/aromatic N) is 2. The molecular weight excluding hydrogens is 392 g/mol. The van der Waals surface area contributed by atoms with E-state index in [2.05, 4.69) is 77.8 Å². The molecule has 0 amide bonds. The minimum atomic E-state index is -1.21. The summed E-state index contributed by atoms with van der Waals surface area (Å²) in [4.78, 5) is 7.70. The summed E-state index contributed by atoms with van der Waals surface area (Å²) in [5.41, 5.74) is 3.23. The van der Waals surface area contributed by atoms with E-state index in [0.29, 0.717) is 6.42 Å². The van der Waals surface area contributed by atoms with E-state index in [1.54, 1.807) is 13.2 Å². The maximum absolute atomic E-state index is 7.89. The Morgan fingerprint density at radius 2 is 1.97 bits per heavy atom. The highest BCUT2D eigenvalue weighted by Crippen LogP contribution is 2.46. The average molecular weight is 423 g/mol. The largest absolute Gasteiger partial charge is 0.509 e. The van der Waals surface area contributed by atoms with Gasteiger partial charge >= 0.3 is 5.66 Å². The molecule has 0 saturated heterocycles. The van der Waals surface area contributed by atoms with Crippen LogP contribution in [0.5, 0.6) is 5.75 Å². The number of hydrogen-bond acceptors (Lipinski definition) is 1. The summed E-state index contributed by atoms with van der Waals surface area (Å²) in [6, 6.07) is 16.6. The van der Waals surface area contributed by atoms with Gasteiger partial charge in [-0.05, 0) is 49.4 Å². The number of hydrogen-bond donors (Lipinski definition) is 0. The van der Waals surface area contributed by atoms with Gasteiger partial charge in [0, 0.05) is 11.8 Å². The van der Waals surface area contributed by atoms with Gasteiger partial charge in [-0.1, -0.05) is 66.3 Å². The van der Waals surface area contributed by atoms with Gasteiger partial charge in [-0.15, -0.1) is 6.58 Å². The van der Waals surface area contributed by atoms with E-state index in [1.807, 2.05) is 12.1 Å². The lowest BCUT2D eigenvalue weighted by molar-refractivity contribution is 0.409. The second-order valence-electron chi connectivity index (χ2n) is 8.31. The Labute approximate surface area is 192 Å². The van der Waals surface area contributed by atoms with Crippen molar-refractivity contribution in [1.29, 1.82) is 0 Å². The van der Waals surface area contributed by atoms with E-state index in [9.17, 15) is 0 Å². The molecule has 0 radical (unpaired) electrons. The fourth-order valence-electron chi connectivity index (χ4n) is 4.62. The van der Waals surface area contributed by atoms with Crippen molar-refractivity contribution in [3.05, 3.63) is 118 Å². The molecule has 0 heterocycles. The lowest BCUT2D eigenvalue weighted by atomic mass is 9.70. The Hall–Kier alpha value is -3.56. The van der Waals surface area contributed by atoms with Crippen molar-refractivity contribution >= 4 is 6.08 Å². The molecule has 0 spiro atoms. The van der Waals surface area contributed by atoms with Crippen LogP contribution in [0.15, 0.2) is 78.9 Å². The van der Waals surface area contributed by atoms with Gasteiger partial charge in [-0.2, -0.15) is 0 Å². The van der Waals surface area contributed by atoms with Crippen molar-refractivity contribution in [3.63, 3.8) is 0 Å². The molecule has 1 aliphatic rings. The summed E-state index contributed by atoms with van der Waals surface area (Å²) in [7, 11) is 1.68. The fourth-order valence-corrected chi connectivity index (χ4v) is 4.62. The van der Waals surface area contributed by atoms with E-state index in [4.69, 9.17) is 17.9 Å². The van der Waals surface area contributed by atoms with Crippen molar-refractivity contribution in [2.24, 2.45) is 5.92 Å². The molecule has 2 atom stereocenters. The van der Waals surface area contributed by atoms with Crippen molar-refractivity contribution in [2.75, 3.05) is 7.11 Å².